The van der Waals surface area contributed by atoms with Crippen LogP contribution in [0.4, 0.5) is 5.69 Å². The molecule has 0 unspecified atom stereocenters. The Morgan fingerprint density at radius 3 is 2.61 bits per heavy atom. The summed E-state index contributed by atoms with van der Waals surface area (Å²) in [6, 6.07) is 7.01. The molecule has 0 atom stereocenters. The van der Waals surface area contributed by atoms with Crippen LogP contribution < -0.4 is 5.32 Å². The van der Waals surface area contributed by atoms with E-state index in [1.807, 2.05) is 13.0 Å². The maximum atomic E-state index is 11.9. The predicted octanol–water partition coefficient (Wildman–Crippen LogP) is 2.32. The molecule has 0 aliphatic carbocycles. The molecule has 1 rings (SSSR count). The van der Waals surface area contributed by atoms with E-state index in [0.717, 1.165) is 6.42 Å². The van der Waals surface area contributed by atoms with Crippen molar-refractivity contribution in [3.63, 3.8) is 0 Å². The number of hydrogen-bond donors (Lipinski definition) is 1. The third-order valence-electron chi connectivity index (χ3n) is 2.59. The van der Waals surface area contributed by atoms with Gasteiger partial charge in [-0.25, -0.2) is 8.42 Å². The zero-order chi connectivity index (χ0) is 13.4. The van der Waals surface area contributed by atoms with Crippen molar-refractivity contribution in [3.05, 3.63) is 24.3 Å². The second-order valence-electron chi connectivity index (χ2n) is 3.88. The Hall–Kier alpha value is -1.07. The van der Waals surface area contributed by atoms with Gasteiger partial charge in [0.05, 0.1) is 16.3 Å². The Balaban J connectivity index is 2.66. The largest absolute Gasteiger partial charge is 0.384 e. The third kappa shape index (κ3) is 4.31. The lowest BCUT2D eigenvalue weighted by molar-refractivity contribution is 0.147. The highest BCUT2D eigenvalue weighted by Crippen LogP contribution is 2.21. The highest BCUT2D eigenvalue weighted by Gasteiger charge is 2.15. The Morgan fingerprint density at radius 1 is 1.22 bits per heavy atom. The van der Waals surface area contributed by atoms with Crippen LogP contribution in [0.2, 0.25) is 0 Å². The van der Waals surface area contributed by atoms with E-state index in [1.54, 1.807) is 25.1 Å². The van der Waals surface area contributed by atoms with Gasteiger partial charge < -0.3 is 10.1 Å². The van der Waals surface area contributed by atoms with Gasteiger partial charge in [0.15, 0.2) is 9.84 Å². The van der Waals surface area contributed by atoms with Gasteiger partial charge in [0.1, 0.15) is 0 Å². The van der Waals surface area contributed by atoms with Crippen molar-refractivity contribution in [1.82, 2.24) is 0 Å². The molecule has 5 heteroatoms. The average molecular weight is 271 g/mol. The molecule has 0 aliphatic heterocycles. The van der Waals surface area contributed by atoms with Crippen LogP contribution in [0.3, 0.4) is 0 Å². The molecule has 0 amide bonds. The third-order valence-corrected chi connectivity index (χ3v) is 4.37. The number of sulfone groups is 1. The van der Waals surface area contributed by atoms with Crippen LogP contribution in [-0.4, -0.2) is 33.9 Å². The molecule has 0 spiro atoms. The second kappa shape index (κ2) is 7.38. The maximum absolute atomic E-state index is 11.9. The summed E-state index contributed by atoms with van der Waals surface area (Å²) in [5.74, 6) is 0.116. The van der Waals surface area contributed by atoms with Gasteiger partial charge in [0.25, 0.3) is 0 Å². The molecule has 0 aromatic heterocycles. The van der Waals surface area contributed by atoms with Gasteiger partial charge in [0.2, 0.25) is 0 Å². The molecule has 1 aromatic rings. The summed E-state index contributed by atoms with van der Waals surface area (Å²) in [5, 5.41) is 3.15. The van der Waals surface area contributed by atoms with Gasteiger partial charge in [-0.1, -0.05) is 19.1 Å². The van der Waals surface area contributed by atoms with E-state index < -0.39 is 9.84 Å². The summed E-state index contributed by atoms with van der Waals surface area (Å²) in [7, 11) is -3.17. The monoisotopic (exact) mass is 271 g/mol. The molecule has 0 aliphatic rings. The van der Waals surface area contributed by atoms with E-state index in [-0.39, 0.29) is 5.75 Å². The lowest BCUT2D eigenvalue weighted by Gasteiger charge is -2.11. The van der Waals surface area contributed by atoms with Crippen molar-refractivity contribution in [2.24, 2.45) is 0 Å². The highest BCUT2D eigenvalue weighted by atomic mass is 32.2. The number of benzene rings is 1. The molecular weight excluding hydrogens is 250 g/mol. The fourth-order valence-corrected chi connectivity index (χ4v) is 2.65. The molecule has 1 N–H and O–H groups in total. The molecule has 0 radical (unpaired) electrons. The van der Waals surface area contributed by atoms with Gasteiger partial charge in [-0.05, 0) is 25.5 Å². The Labute approximate surface area is 109 Å². The zero-order valence-electron chi connectivity index (χ0n) is 11.0. The number of ether oxygens (including phenoxy) is 1. The molecule has 0 saturated heterocycles. The summed E-state index contributed by atoms with van der Waals surface area (Å²) in [5.41, 5.74) is 0.677. The van der Waals surface area contributed by atoms with Crippen molar-refractivity contribution in [2.45, 2.75) is 25.2 Å². The van der Waals surface area contributed by atoms with E-state index in [4.69, 9.17) is 4.74 Å². The minimum absolute atomic E-state index is 0.116. The molecule has 1 aromatic carbocycles. The Bertz CT molecular complexity index is 457. The Morgan fingerprint density at radius 2 is 1.94 bits per heavy atom. The fourth-order valence-electron chi connectivity index (χ4n) is 1.58. The molecule has 0 saturated carbocycles. The second-order valence-corrected chi connectivity index (χ2v) is 6.12. The van der Waals surface area contributed by atoms with Crippen LogP contribution in [0.15, 0.2) is 29.2 Å². The van der Waals surface area contributed by atoms with Crippen molar-refractivity contribution in [2.75, 3.05) is 30.8 Å². The number of anilines is 1. The predicted molar refractivity (Wildman–Crippen MR) is 73.8 cm³/mol. The summed E-state index contributed by atoms with van der Waals surface area (Å²) in [4.78, 5) is 0.379. The normalized spacial score (nSPS) is 11.4. The summed E-state index contributed by atoms with van der Waals surface area (Å²) >= 11 is 0. The molecule has 0 bridgehead atoms. The van der Waals surface area contributed by atoms with Crippen molar-refractivity contribution in [1.29, 1.82) is 0 Å². The molecule has 102 valence electrons. The number of hydrogen-bond acceptors (Lipinski definition) is 4. The Kier molecular flexibility index (Phi) is 6.15. The van der Waals surface area contributed by atoms with Gasteiger partial charge in [-0.15, -0.1) is 0 Å². The van der Waals surface area contributed by atoms with Gasteiger partial charge in [-0.3, -0.25) is 0 Å². The smallest absolute Gasteiger partial charge is 0.180 e. The van der Waals surface area contributed by atoms with Crippen molar-refractivity contribution >= 4 is 15.5 Å². The van der Waals surface area contributed by atoms with Crippen LogP contribution in [0.25, 0.3) is 0 Å². The topological polar surface area (TPSA) is 55.4 Å². The summed E-state index contributed by atoms with van der Waals surface area (Å²) in [6.07, 6.45) is 0.856. The molecular formula is C13H21NO3S. The molecule has 18 heavy (non-hydrogen) atoms. The van der Waals surface area contributed by atoms with Crippen LogP contribution in [0.1, 0.15) is 20.3 Å². The van der Waals surface area contributed by atoms with Gasteiger partial charge >= 0.3 is 0 Å². The van der Waals surface area contributed by atoms with E-state index in [2.05, 4.69) is 5.32 Å². The lowest BCUT2D eigenvalue weighted by Crippen LogP contribution is -2.11. The average Bonchev–Trinajstić information content (AvgIpc) is 2.39. The lowest BCUT2D eigenvalue weighted by atomic mass is 10.3. The van der Waals surface area contributed by atoms with Crippen molar-refractivity contribution in [3.8, 4) is 0 Å². The SMILES string of the molecule is CCOCCCNc1ccccc1S(=O)(=O)CC. The van der Waals surface area contributed by atoms with E-state index in [1.165, 1.54) is 0 Å². The maximum Gasteiger partial charge on any atom is 0.180 e. The number of nitrogens with one attached hydrogen (secondary N) is 1. The summed E-state index contributed by atoms with van der Waals surface area (Å²) < 4.78 is 29.0. The standard InChI is InChI=1S/C13H21NO3S/c1-3-17-11-7-10-14-12-8-5-6-9-13(12)18(15,16)4-2/h5-6,8-9,14H,3-4,7,10-11H2,1-2H3. The van der Waals surface area contributed by atoms with Crippen LogP contribution >= 0.6 is 0 Å². The first-order chi connectivity index (χ1) is 8.61. The molecule has 0 fully saturated rings. The fraction of sp³-hybridized carbons (Fsp3) is 0.538. The molecule has 0 heterocycles. The zero-order valence-corrected chi connectivity index (χ0v) is 11.8. The van der Waals surface area contributed by atoms with E-state index in [9.17, 15) is 8.42 Å². The van der Waals surface area contributed by atoms with Gasteiger partial charge in [-0.2, -0.15) is 0 Å². The summed E-state index contributed by atoms with van der Waals surface area (Å²) in [6.45, 7) is 5.71. The van der Waals surface area contributed by atoms with E-state index >= 15 is 0 Å². The molecule has 4 nitrogen and oxygen atoms in total. The van der Waals surface area contributed by atoms with Crippen molar-refractivity contribution < 1.29 is 13.2 Å². The van der Waals surface area contributed by atoms with Gasteiger partial charge in [0, 0.05) is 19.8 Å². The highest BCUT2D eigenvalue weighted by molar-refractivity contribution is 7.91. The first-order valence-corrected chi connectivity index (χ1v) is 7.90. The first kappa shape index (κ1) is 15.0. The van der Waals surface area contributed by atoms with Crippen LogP contribution in [0.5, 0.6) is 0 Å². The first-order valence-electron chi connectivity index (χ1n) is 6.25. The number of rotatable bonds is 8. The number of para-hydroxylation sites is 1. The van der Waals surface area contributed by atoms with E-state index in [0.29, 0.717) is 30.3 Å². The quantitative estimate of drug-likeness (QED) is 0.737. The minimum atomic E-state index is -3.17. The van der Waals surface area contributed by atoms with Crippen LogP contribution in [-0.2, 0) is 14.6 Å². The van der Waals surface area contributed by atoms with Crippen LogP contribution in [0, 0.1) is 0 Å². The minimum Gasteiger partial charge on any atom is -0.384 e.